The number of nitrogens with one attached hydrogen (secondary N) is 1. The Kier molecular flexibility index (Phi) is 7.94. The van der Waals surface area contributed by atoms with Gasteiger partial charge in [0.25, 0.3) is 0 Å². The van der Waals surface area contributed by atoms with Gasteiger partial charge in [0.15, 0.2) is 0 Å². The zero-order valence-corrected chi connectivity index (χ0v) is 19.8. The summed E-state index contributed by atoms with van der Waals surface area (Å²) in [5.74, 6) is -0.140. The third kappa shape index (κ3) is 7.11. The molecule has 36 heavy (non-hydrogen) atoms. The zero-order valence-electron chi connectivity index (χ0n) is 19.0. The first-order valence-electron chi connectivity index (χ1n) is 11.0. The maximum absolute atomic E-state index is 13.2. The van der Waals surface area contributed by atoms with Gasteiger partial charge in [-0.3, -0.25) is 4.79 Å². The van der Waals surface area contributed by atoms with Crippen LogP contribution in [-0.4, -0.2) is 21.8 Å². The topological polar surface area (TPSA) is 58.1 Å². The molecule has 10 heteroatoms. The number of rotatable bonds is 9. The number of benzene rings is 3. The van der Waals surface area contributed by atoms with Gasteiger partial charge in [-0.2, -0.15) is 17.5 Å². The third-order valence-electron chi connectivity index (χ3n) is 5.30. The van der Waals surface area contributed by atoms with E-state index in [4.69, 9.17) is 0 Å². The predicted molar refractivity (Wildman–Crippen MR) is 130 cm³/mol. The lowest BCUT2D eigenvalue weighted by Gasteiger charge is -2.21. The highest BCUT2D eigenvalue weighted by molar-refractivity contribution is 7.09. The van der Waals surface area contributed by atoms with Gasteiger partial charge in [0.2, 0.25) is 11.0 Å². The predicted octanol–water partition coefficient (Wildman–Crippen LogP) is 5.61. The van der Waals surface area contributed by atoms with Gasteiger partial charge in [0.1, 0.15) is 11.6 Å². The molecule has 1 N–H and O–H groups in total. The highest BCUT2D eigenvalue weighted by atomic mass is 32.1. The van der Waals surface area contributed by atoms with Crippen LogP contribution in [0.5, 0.6) is 0 Å². The fraction of sp³-hybridized carbons (Fsp3) is 0.192. The average molecular weight is 515 g/mol. The lowest BCUT2D eigenvalue weighted by molar-refractivity contribution is -0.137. The number of carbonyl (C=O) groups excluding carboxylic acids is 1. The van der Waals surface area contributed by atoms with Crippen molar-refractivity contribution in [3.63, 3.8) is 0 Å². The maximum atomic E-state index is 13.2. The molecule has 3 aromatic carbocycles. The number of amides is 1. The van der Waals surface area contributed by atoms with Gasteiger partial charge in [0.05, 0.1) is 12.1 Å². The number of alkyl halides is 3. The number of hydrogen-bond donors (Lipinski definition) is 1. The summed E-state index contributed by atoms with van der Waals surface area (Å²) in [6, 6.07) is 20.5. The Balaban J connectivity index is 1.45. The Morgan fingerprint density at radius 3 is 2.36 bits per heavy atom. The van der Waals surface area contributed by atoms with E-state index in [1.165, 1.54) is 24.3 Å². The van der Waals surface area contributed by atoms with Crippen LogP contribution in [0.1, 0.15) is 28.1 Å². The molecular weight excluding hydrogens is 492 g/mol. The quantitative estimate of drug-likeness (QED) is 0.295. The molecule has 0 radical (unpaired) electrons. The van der Waals surface area contributed by atoms with Crippen LogP contribution in [0.4, 0.5) is 22.7 Å². The van der Waals surface area contributed by atoms with Crippen LogP contribution in [0.3, 0.4) is 0 Å². The second-order valence-corrected chi connectivity index (χ2v) is 8.84. The molecule has 0 aliphatic rings. The number of carbonyl (C=O) groups is 1. The third-order valence-corrected chi connectivity index (χ3v) is 6.11. The van der Waals surface area contributed by atoms with Crippen molar-refractivity contribution in [1.29, 1.82) is 0 Å². The van der Waals surface area contributed by atoms with E-state index in [1.807, 2.05) is 30.3 Å². The van der Waals surface area contributed by atoms with Crippen LogP contribution in [0.2, 0.25) is 0 Å². The summed E-state index contributed by atoms with van der Waals surface area (Å²) in [7, 11) is 0. The van der Waals surface area contributed by atoms with Crippen molar-refractivity contribution in [2.45, 2.75) is 25.7 Å². The van der Waals surface area contributed by atoms with Crippen molar-refractivity contribution in [2.75, 3.05) is 11.4 Å². The van der Waals surface area contributed by atoms with Gasteiger partial charge in [0, 0.05) is 31.0 Å². The van der Waals surface area contributed by atoms with E-state index in [0.29, 0.717) is 29.5 Å². The molecule has 186 valence electrons. The fourth-order valence-electron chi connectivity index (χ4n) is 3.51. The average Bonchev–Trinajstić information content (AvgIpc) is 3.33. The molecule has 1 amide bonds. The minimum Gasteiger partial charge on any atom is -0.350 e. The van der Waals surface area contributed by atoms with Crippen molar-refractivity contribution in [2.24, 2.45) is 0 Å². The molecule has 1 heterocycles. The molecule has 0 atom stereocenters. The Labute approximate surface area is 209 Å². The van der Waals surface area contributed by atoms with E-state index in [1.54, 1.807) is 17.0 Å². The van der Waals surface area contributed by atoms with Crippen molar-refractivity contribution < 1.29 is 22.4 Å². The number of anilines is 1. The highest BCUT2D eigenvalue weighted by Gasteiger charge is 2.30. The second-order valence-electron chi connectivity index (χ2n) is 8.11. The first-order chi connectivity index (χ1) is 17.3. The van der Waals surface area contributed by atoms with E-state index in [9.17, 15) is 22.4 Å². The van der Waals surface area contributed by atoms with E-state index >= 15 is 0 Å². The molecule has 0 unspecified atom stereocenters. The standard InChI is InChI=1S/C26H22F4N4OS/c27-22-11-9-18(10-12-22)14-23-32-25(36-33-23)34(16-19-5-2-1-3-6-19)17-24(35)31-15-20-7-4-8-21(13-20)26(28,29)30/h1-13H,14-17H2,(H,31,35). The Bertz CT molecular complexity index is 1290. The van der Waals surface area contributed by atoms with Gasteiger partial charge in [-0.05, 0) is 41.0 Å². The molecule has 0 saturated heterocycles. The van der Waals surface area contributed by atoms with E-state index < -0.39 is 11.7 Å². The van der Waals surface area contributed by atoms with Crippen molar-refractivity contribution in [1.82, 2.24) is 14.7 Å². The molecule has 0 aliphatic heterocycles. The fourth-order valence-corrected chi connectivity index (χ4v) is 4.20. The van der Waals surface area contributed by atoms with Crippen LogP contribution in [0.15, 0.2) is 78.9 Å². The Morgan fingerprint density at radius 2 is 1.64 bits per heavy atom. The molecule has 0 fully saturated rings. The summed E-state index contributed by atoms with van der Waals surface area (Å²) >= 11 is 1.15. The smallest absolute Gasteiger partial charge is 0.350 e. The number of hydrogen-bond acceptors (Lipinski definition) is 5. The van der Waals surface area contributed by atoms with Crippen LogP contribution < -0.4 is 10.2 Å². The number of nitrogens with zero attached hydrogens (tertiary/aromatic N) is 3. The second kappa shape index (κ2) is 11.3. The molecule has 0 bridgehead atoms. The molecule has 4 aromatic rings. The minimum absolute atomic E-state index is 0.0339. The van der Waals surface area contributed by atoms with Crippen molar-refractivity contribution in [3.05, 3.63) is 113 Å². The summed E-state index contributed by atoms with van der Waals surface area (Å²) in [6.45, 7) is 0.301. The van der Waals surface area contributed by atoms with Crippen molar-refractivity contribution >= 4 is 22.6 Å². The van der Waals surface area contributed by atoms with Crippen LogP contribution in [0, 0.1) is 5.82 Å². The van der Waals surface area contributed by atoms with Gasteiger partial charge in [-0.15, -0.1) is 0 Å². The van der Waals surface area contributed by atoms with Gasteiger partial charge < -0.3 is 10.2 Å². The van der Waals surface area contributed by atoms with Gasteiger partial charge >= 0.3 is 6.18 Å². The van der Waals surface area contributed by atoms with E-state index in [0.717, 1.165) is 34.8 Å². The number of halogens is 4. The Hall–Kier alpha value is -3.79. The molecular formula is C26H22F4N4OS. The maximum Gasteiger partial charge on any atom is 0.416 e. The summed E-state index contributed by atoms with van der Waals surface area (Å²) in [4.78, 5) is 19.1. The monoisotopic (exact) mass is 514 g/mol. The summed E-state index contributed by atoms with van der Waals surface area (Å²) in [5, 5.41) is 3.22. The number of aromatic nitrogens is 2. The largest absolute Gasteiger partial charge is 0.416 e. The van der Waals surface area contributed by atoms with Crippen LogP contribution in [-0.2, 0) is 30.5 Å². The molecule has 1 aromatic heterocycles. The highest BCUT2D eigenvalue weighted by Crippen LogP contribution is 2.29. The lowest BCUT2D eigenvalue weighted by atomic mass is 10.1. The van der Waals surface area contributed by atoms with E-state index in [2.05, 4.69) is 14.7 Å². The van der Waals surface area contributed by atoms with Crippen LogP contribution >= 0.6 is 11.5 Å². The summed E-state index contributed by atoms with van der Waals surface area (Å²) in [6.07, 6.45) is -4.03. The molecule has 0 saturated carbocycles. The molecule has 5 nitrogen and oxygen atoms in total. The summed E-state index contributed by atoms with van der Waals surface area (Å²) < 4.78 is 56.5. The Morgan fingerprint density at radius 1 is 0.917 bits per heavy atom. The van der Waals surface area contributed by atoms with Gasteiger partial charge in [-0.1, -0.05) is 54.6 Å². The lowest BCUT2D eigenvalue weighted by Crippen LogP contribution is -2.36. The SMILES string of the molecule is O=C(CN(Cc1ccccc1)c1nc(Cc2ccc(F)cc2)ns1)NCc1cccc(C(F)(F)F)c1. The van der Waals surface area contributed by atoms with Crippen LogP contribution in [0.25, 0.3) is 0 Å². The first kappa shape index (κ1) is 25.3. The molecule has 4 rings (SSSR count). The normalized spacial score (nSPS) is 11.3. The molecule has 0 aliphatic carbocycles. The minimum atomic E-state index is -4.45. The van der Waals surface area contributed by atoms with Gasteiger partial charge in [-0.25, -0.2) is 9.37 Å². The van der Waals surface area contributed by atoms with E-state index in [-0.39, 0.29) is 24.8 Å². The zero-order chi connectivity index (χ0) is 25.5. The molecule has 0 spiro atoms. The van der Waals surface area contributed by atoms with Crippen molar-refractivity contribution in [3.8, 4) is 0 Å². The first-order valence-corrected chi connectivity index (χ1v) is 11.8. The summed E-state index contributed by atoms with van der Waals surface area (Å²) in [5.41, 5.74) is 1.40.